The summed E-state index contributed by atoms with van der Waals surface area (Å²) in [6.45, 7) is 2.23. The zero-order valence-corrected chi connectivity index (χ0v) is 15.1. The summed E-state index contributed by atoms with van der Waals surface area (Å²) < 4.78 is 34.1. The molecule has 0 atom stereocenters. The number of likely N-dealkylation sites (N-methyl/N-ethyl adjacent to an activating group) is 1. The van der Waals surface area contributed by atoms with Gasteiger partial charge in [0.2, 0.25) is 15.9 Å². The molecule has 1 rings (SSSR count). The van der Waals surface area contributed by atoms with Gasteiger partial charge in [-0.15, -0.1) is 0 Å². The molecule has 0 aliphatic carbocycles. The summed E-state index contributed by atoms with van der Waals surface area (Å²) in [5.74, 6) is 0.502. The maximum atomic E-state index is 11.8. The normalized spacial score (nSPS) is 11.4. The van der Waals surface area contributed by atoms with E-state index >= 15 is 0 Å². The lowest BCUT2D eigenvalue weighted by molar-refractivity contribution is -0.121. The first-order chi connectivity index (χ1) is 10.7. The molecule has 0 bridgehead atoms. The Kier molecular flexibility index (Phi) is 7.11. The van der Waals surface area contributed by atoms with E-state index in [1.165, 1.54) is 14.2 Å². The highest BCUT2D eigenvalue weighted by molar-refractivity contribution is 7.88. The molecule has 0 saturated carbocycles. The maximum Gasteiger partial charge on any atom is 0.235 e. The predicted molar refractivity (Wildman–Crippen MR) is 88.5 cm³/mol. The van der Waals surface area contributed by atoms with Gasteiger partial charge in [-0.3, -0.25) is 4.79 Å². The molecule has 9 heteroatoms. The minimum Gasteiger partial charge on any atom is -0.493 e. The van der Waals surface area contributed by atoms with Crippen LogP contribution in [-0.4, -0.2) is 52.2 Å². The van der Waals surface area contributed by atoms with Crippen LogP contribution >= 0.6 is 11.6 Å². The average Bonchev–Trinajstić information content (AvgIpc) is 2.46. The molecule has 23 heavy (non-hydrogen) atoms. The molecule has 1 aromatic carbocycles. The first-order valence-electron chi connectivity index (χ1n) is 6.86. The zero-order valence-electron chi connectivity index (χ0n) is 13.6. The number of methoxy groups -OCH3 is 1. The summed E-state index contributed by atoms with van der Waals surface area (Å²) in [6.07, 6.45) is 1.04. The van der Waals surface area contributed by atoms with Crippen molar-refractivity contribution in [3.05, 3.63) is 22.7 Å². The van der Waals surface area contributed by atoms with Gasteiger partial charge in [0.25, 0.3) is 0 Å². The number of rotatable bonds is 8. The molecule has 130 valence electrons. The number of benzene rings is 1. The lowest BCUT2D eigenvalue weighted by Gasteiger charge is -2.15. The van der Waals surface area contributed by atoms with E-state index in [0.717, 1.165) is 10.6 Å². The molecule has 0 saturated heterocycles. The monoisotopic (exact) mass is 364 g/mol. The molecule has 0 aromatic heterocycles. The van der Waals surface area contributed by atoms with Crippen molar-refractivity contribution < 1.29 is 22.7 Å². The fourth-order valence-electron chi connectivity index (χ4n) is 1.74. The highest BCUT2D eigenvalue weighted by Gasteiger charge is 2.16. The summed E-state index contributed by atoms with van der Waals surface area (Å²) in [7, 11) is -0.559. The molecule has 0 aliphatic heterocycles. The summed E-state index contributed by atoms with van der Waals surface area (Å²) in [4.78, 5) is 11.8. The van der Waals surface area contributed by atoms with Gasteiger partial charge in [-0.2, -0.15) is 4.31 Å². The van der Waals surface area contributed by atoms with Gasteiger partial charge < -0.3 is 14.8 Å². The topological polar surface area (TPSA) is 84.9 Å². The van der Waals surface area contributed by atoms with Crippen LogP contribution in [0.15, 0.2) is 12.1 Å². The zero-order chi connectivity index (χ0) is 17.6. The second-order valence-electron chi connectivity index (χ2n) is 4.84. The van der Waals surface area contributed by atoms with Crippen molar-refractivity contribution in [3.8, 4) is 11.5 Å². The fourth-order valence-corrected chi connectivity index (χ4v) is 2.38. The van der Waals surface area contributed by atoms with Crippen molar-refractivity contribution in [1.29, 1.82) is 0 Å². The lowest BCUT2D eigenvalue weighted by Crippen LogP contribution is -2.37. The Morgan fingerprint density at radius 2 is 2.04 bits per heavy atom. The van der Waals surface area contributed by atoms with E-state index in [0.29, 0.717) is 28.7 Å². The third-order valence-corrected chi connectivity index (χ3v) is 4.54. The van der Waals surface area contributed by atoms with Crippen LogP contribution in [-0.2, 0) is 21.4 Å². The number of carbonyl (C=O) groups is 1. The molecule has 1 aromatic rings. The maximum absolute atomic E-state index is 11.8. The molecule has 1 amide bonds. The van der Waals surface area contributed by atoms with E-state index in [1.807, 2.05) is 6.92 Å². The Morgan fingerprint density at radius 3 is 2.57 bits per heavy atom. The van der Waals surface area contributed by atoms with Gasteiger partial charge in [0.1, 0.15) is 0 Å². The van der Waals surface area contributed by atoms with Crippen molar-refractivity contribution in [2.45, 2.75) is 13.5 Å². The van der Waals surface area contributed by atoms with Crippen LogP contribution in [0.25, 0.3) is 0 Å². The molecule has 0 aliphatic rings. The molecular weight excluding hydrogens is 344 g/mol. The molecule has 7 nitrogen and oxygen atoms in total. The lowest BCUT2D eigenvalue weighted by atomic mass is 10.2. The first kappa shape index (κ1) is 19.5. The van der Waals surface area contributed by atoms with Crippen molar-refractivity contribution in [1.82, 2.24) is 9.62 Å². The van der Waals surface area contributed by atoms with Gasteiger partial charge in [0.05, 0.1) is 31.5 Å². The summed E-state index contributed by atoms with van der Waals surface area (Å²) in [6, 6.07) is 3.37. The highest BCUT2D eigenvalue weighted by Crippen LogP contribution is 2.36. The Bertz CT molecular complexity index is 663. The van der Waals surface area contributed by atoms with Crippen molar-refractivity contribution in [3.63, 3.8) is 0 Å². The second kappa shape index (κ2) is 8.37. The molecule has 0 radical (unpaired) electrons. The predicted octanol–water partition coefficient (Wildman–Crippen LogP) is 1.25. The van der Waals surface area contributed by atoms with Gasteiger partial charge >= 0.3 is 0 Å². The average molecular weight is 365 g/mol. The summed E-state index contributed by atoms with van der Waals surface area (Å²) in [5.41, 5.74) is 0.714. The number of nitrogens with one attached hydrogen (secondary N) is 1. The first-order valence-corrected chi connectivity index (χ1v) is 9.08. The van der Waals surface area contributed by atoms with Crippen molar-refractivity contribution >= 4 is 27.5 Å². The quantitative estimate of drug-likeness (QED) is 0.750. The number of amides is 1. The van der Waals surface area contributed by atoms with Crippen LogP contribution in [0, 0.1) is 0 Å². The Balaban J connectivity index is 2.75. The molecule has 0 heterocycles. The third kappa shape index (κ3) is 5.89. The van der Waals surface area contributed by atoms with E-state index in [-0.39, 0.29) is 13.1 Å². The number of halogens is 1. The molecule has 0 spiro atoms. The van der Waals surface area contributed by atoms with E-state index < -0.39 is 15.9 Å². The van der Waals surface area contributed by atoms with E-state index in [2.05, 4.69) is 5.32 Å². The van der Waals surface area contributed by atoms with Crippen LogP contribution < -0.4 is 14.8 Å². The van der Waals surface area contributed by atoms with Crippen molar-refractivity contribution in [2.24, 2.45) is 0 Å². The van der Waals surface area contributed by atoms with E-state index in [4.69, 9.17) is 21.1 Å². The number of carbonyl (C=O) groups excluding carboxylic acids is 1. The Labute approximate surface area is 141 Å². The Morgan fingerprint density at radius 1 is 1.39 bits per heavy atom. The van der Waals surface area contributed by atoms with Crippen LogP contribution in [0.3, 0.4) is 0 Å². The molecule has 1 N–H and O–H groups in total. The number of sulfonamides is 1. The van der Waals surface area contributed by atoms with Gasteiger partial charge in [0.15, 0.2) is 11.5 Å². The van der Waals surface area contributed by atoms with Crippen molar-refractivity contribution in [2.75, 3.05) is 33.6 Å². The molecule has 0 fully saturated rings. The van der Waals surface area contributed by atoms with E-state index in [1.54, 1.807) is 12.1 Å². The van der Waals surface area contributed by atoms with Crippen LogP contribution in [0.5, 0.6) is 11.5 Å². The SMILES string of the molecule is CCOc1c(Cl)cc(CNC(=O)CN(C)S(C)(=O)=O)cc1OC. The second-order valence-corrected chi connectivity index (χ2v) is 7.33. The molecular formula is C14H21ClN2O5S. The number of nitrogens with zero attached hydrogens (tertiary/aromatic N) is 1. The van der Waals surface area contributed by atoms with Gasteiger partial charge in [0, 0.05) is 13.6 Å². The standard InChI is InChI=1S/C14H21ClN2O5S/c1-5-22-14-11(15)6-10(7-12(14)21-3)8-16-13(18)9-17(2)23(4,19)20/h6-7H,5,8-9H2,1-4H3,(H,16,18). The third-order valence-electron chi connectivity index (χ3n) is 3.00. The number of hydrogen-bond acceptors (Lipinski definition) is 5. The minimum absolute atomic E-state index is 0.193. The van der Waals surface area contributed by atoms with Gasteiger partial charge in [-0.05, 0) is 24.6 Å². The minimum atomic E-state index is -3.40. The highest BCUT2D eigenvalue weighted by atomic mass is 35.5. The summed E-state index contributed by atoms with van der Waals surface area (Å²) >= 11 is 6.15. The summed E-state index contributed by atoms with van der Waals surface area (Å²) in [5, 5.41) is 3.01. The molecule has 0 unspecified atom stereocenters. The van der Waals surface area contributed by atoms with Gasteiger partial charge in [-0.25, -0.2) is 8.42 Å². The smallest absolute Gasteiger partial charge is 0.235 e. The number of ether oxygens (including phenoxy) is 2. The van der Waals surface area contributed by atoms with Crippen LogP contribution in [0.4, 0.5) is 0 Å². The number of hydrogen-bond donors (Lipinski definition) is 1. The van der Waals surface area contributed by atoms with Crippen LogP contribution in [0.2, 0.25) is 5.02 Å². The largest absolute Gasteiger partial charge is 0.493 e. The fraction of sp³-hybridized carbons (Fsp3) is 0.500. The van der Waals surface area contributed by atoms with E-state index in [9.17, 15) is 13.2 Å². The van der Waals surface area contributed by atoms with Crippen LogP contribution in [0.1, 0.15) is 12.5 Å². The van der Waals surface area contributed by atoms with Gasteiger partial charge in [-0.1, -0.05) is 11.6 Å². The Hall–Kier alpha value is -1.51.